The highest BCUT2D eigenvalue weighted by molar-refractivity contribution is 6.00. The van der Waals surface area contributed by atoms with Crippen molar-refractivity contribution in [1.82, 2.24) is 10.2 Å². The predicted octanol–water partition coefficient (Wildman–Crippen LogP) is 3.33. The van der Waals surface area contributed by atoms with E-state index < -0.39 is 0 Å². The Kier molecular flexibility index (Phi) is 6.42. The zero-order valence-corrected chi connectivity index (χ0v) is 18.1. The monoisotopic (exact) mass is 423 g/mol. The first-order valence-electron chi connectivity index (χ1n) is 10.7. The number of ether oxygens (including phenoxy) is 2. The molecule has 164 valence electrons. The summed E-state index contributed by atoms with van der Waals surface area (Å²) >= 11 is 0. The summed E-state index contributed by atoms with van der Waals surface area (Å²) in [7, 11) is 3.18. The van der Waals surface area contributed by atoms with Gasteiger partial charge in [0.1, 0.15) is 11.5 Å². The number of piperidine rings is 1. The van der Waals surface area contributed by atoms with E-state index in [0.29, 0.717) is 30.2 Å². The summed E-state index contributed by atoms with van der Waals surface area (Å²) in [5.74, 6) is 1.31. The normalized spacial score (nSPS) is 19.2. The van der Waals surface area contributed by atoms with Crippen LogP contribution >= 0.6 is 0 Å². The molecular formula is C24H29N3O4. The molecule has 2 aromatic carbocycles. The summed E-state index contributed by atoms with van der Waals surface area (Å²) in [5, 5.41) is 2.82. The molecule has 0 bridgehead atoms. The van der Waals surface area contributed by atoms with Crippen molar-refractivity contribution in [3.63, 3.8) is 0 Å². The number of hydrogen-bond acceptors (Lipinski definition) is 5. The quantitative estimate of drug-likeness (QED) is 0.692. The third kappa shape index (κ3) is 4.66. The molecule has 0 spiro atoms. The van der Waals surface area contributed by atoms with Crippen LogP contribution in [-0.4, -0.2) is 57.1 Å². The Morgan fingerprint density at radius 3 is 2.58 bits per heavy atom. The maximum atomic E-state index is 13.2. The van der Waals surface area contributed by atoms with Crippen LogP contribution in [0, 0.1) is 5.92 Å². The van der Waals surface area contributed by atoms with Gasteiger partial charge in [-0.2, -0.15) is 0 Å². The third-order valence-corrected chi connectivity index (χ3v) is 6.06. The molecular weight excluding hydrogens is 394 g/mol. The number of methoxy groups -OCH3 is 2. The molecule has 2 fully saturated rings. The van der Waals surface area contributed by atoms with Gasteiger partial charge in [0.15, 0.2) is 5.78 Å². The third-order valence-electron chi connectivity index (χ3n) is 6.06. The average molecular weight is 424 g/mol. The average Bonchev–Trinajstić information content (AvgIpc) is 3.24. The Labute approximate surface area is 182 Å². The highest BCUT2D eigenvalue weighted by atomic mass is 16.5. The fourth-order valence-electron chi connectivity index (χ4n) is 4.39. The number of nitrogens with one attached hydrogen (secondary N) is 1. The SMILES string of the molecule is COc1ccc(C(=O)[C@H]2CCCN(Cc3ccc(N4CCNC4=O)cc3)C2)c(OC)c1. The van der Waals surface area contributed by atoms with E-state index in [2.05, 4.69) is 22.3 Å². The first kappa shape index (κ1) is 21.2. The summed E-state index contributed by atoms with van der Waals surface area (Å²) in [4.78, 5) is 29.1. The Hall–Kier alpha value is -3.06. The lowest BCUT2D eigenvalue weighted by atomic mass is 9.89. The Morgan fingerprint density at radius 2 is 1.90 bits per heavy atom. The van der Waals surface area contributed by atoms with Crippen molar-refractivity contribution in [2.45, 2.75) is 19.4 Å². The first-order chi connectivity index (χ1) is 15.1. The number of carbonyl (C=O) groups excluding carboxylic acids is 2. The summed E-state index contributed by atoms with van der Waals surface area (Å²) in [5.41, 5.74) is 2.71. The molecule has 0 radical (unpaired) electrons. The van der Waals surface area contributed by atoms with Crippen molar-refractivity contribution < 1.29 is 19.1 Å². The van der Waals surface area contributed by atoms with Crippen LogP contribution in [0.25, 0.3) is 0 Å². The zero-order chi connectivity index (χ0) is 21.8. The highest BCUT2D eigenvalue weighted by Crippen LogP contribution is 2.30. The van der Waals surface area contributed by atoms with Crippen molar-refractivity contribution in [2.24, 2.45) is 5.92 Å². The molecule has 2 heterocycles. The number of amides is 2. The molecule has 0 aliphatic carbocycles. The fraction of sp³-hybridized carbons (Fsp3) is 0.417. The molecule has 2 aliphatic heterocycles. The number of urea groups is 1. The van der Waals surface area contributed by atoms with E-state index in [9.17, 15) is 9.59 Å². The molecule has 2 aromatic rings. The van der Waals surface area contributed by atoms with Gasteiger partial charge in [0, 0.05) is 43.9 Å². The summed E-state index contributed by atoms with van der Waals surface area (Å²) in [6, 6.07) is 13.4. The van der Waals surface area contributed by atoms with Crippen molar-refractivity contribution in [3.8, 4) is 11.5 Å². The van der Waals surface area contributed by atoms with Gasteiger partial charge in [-0.3, -0.25) is 14.6 Å². The van der Waals surface area contributed by atoms with Crippen LogP contribution in [0.5, 0.6) is 11.5 Å². The van der Waals surface area contributed by atoms with Gasteiger partial charge in [0.25, 0.3) is 0 Å². The largest absolute Gasteiger partial charge is 0.497 e. The molecule has 1 N–H and O–H groups in total. The van der Waals surface area contributed by atoms with Crippen LogP contribution in [0.1, 0.15) is 28.8 Å². The second-order valence-electron chi connectivity index (χ2n) is 8.05. The van der Waals surface area contributed by atoms with Crippen molar-refractivity contribution in [2.75, 3.05) is 45.3 Å². The maximum Gasteiger partial charge on any atom is 0.321 e. The number of benzene rings is 2. The van der Waals surface area contributed by atoms with Crippen LogP contribution in [0.4, 0.5) is 10.5 Å². The van der Waals surface area contributed by atoms with Gasteiger partial charge in [-0.1, -0.05) is 12.1 Å². The van der Waals surface area contributed by atoms with Crippen LogP contribution in [0.3, 0.4) is 0 Å². The van der Waals surface area contributed by atoms with Gasteiger partial charge in [-0.15, -0.1) is 0 Å². The minimum Gasteiger partial charge on any atom is -0.497 e. The van der Waals surface area contributed by atoms with E-state index in [-0.39, 0.29) is 17.7 Å². The fourth-order valence-corrected chi connectivity index (χ4v) is 4.39. The van der Waals surface area contributed by atoms with Crippen LogP contribution < -0.4 is 19.7 Å². The predicted molar refractivity (Wildman–Crippen MR) is 119 cm³/mol. The molecule has 4 rings (SSSR count). The minimum absolute atomic E-state index is 0.0425. The Balaban J connectivity index is 1.40. The van der Waals surface area contributed by atoms with E-state index in [1.165, 1.54) is 5.56 Å². The molecule has 7 nitrogen and oxygen atoms in total. The Morgan fingerprint density at radius 1 is 1.10 bits per heavy atom. The number of nitrogens with zero attached hydrogens (tertiary/aromatic N) is 2. The van der Waals surface area contributed by atoms with Crippen molar-refractivity contribution >= 4 is 17.5 Å². The van der Waals surface area contributed by atoms with Crippen molar-refractivity contribution in [1.29, 1.82) is 0 Å². The lowest BCUT2D eigenvalue weighted by Gasteiger charge is -2.32. The van der Waals surface area contributed by atoms with E-state index in [1.807, 2.05) is 12.1 Å². The molecule has 1 atom stereocenters. The van der Waals surface area contributed by atoms with E-state index in [4.69, 9.17) is 9.47 Å². The maximum absolute atomic E-state index is 13.2. The van der Waals surface area contributed by atoms with Gasteiger partial charge in [-0.05, 0) is 49.2 Å². The van der Waals surface area contributed by atoms with E-state index in [0.717, 1.165) is 38.2 Å². The van der Waals surface area contributed by atoms with Crippen molar-refractivity contribution in [3.05, 3.63) is 53.6 Å². The number of hydrogen-bond donors (Lipinski definition) is 1. The summed E-state index contributed by atoms with van der Waals surface area (Å²) in [6.07, 6.45) is 1.87. The second kappa shape index (κ2) is 9.39. The number of likely N-dealkylation sites (tertiary alicyclic amines) is 1. The number of carbonyl (C=O) groups is 2. The molecule has 0 aromatic heterocycles. The summed E-state index contributed by atoms with van der Waals surface area (Å²) in [6.45, 7) is 3.87. The van der Waals surface area contributed by atoms with Gasteiger partial charge >= 0.3 is 6.03 Å². The summed E-state index contributed by atoms with van der Waals surface area (Å²) < 4.78 is 10.7. The second-order valence-corrected chi connectivity index (χ2v) is 8.05. The van der Waals surface area contributed by atoms with Gasteiger partial charge in [0.05, 0.1) is 19.8 Å². The number of ketones is 1. The van der Waals surface area contributed by atoms with Gasteiger partial charge in [0.2, 0.25) is 0 Å². The first-order valence-corrected chi connectivity index (χ1v) is 10.7. The van der Waals surface area contributed by atoms with Crippen LogP contribution in [0.2, 0.25) is 0 Å². The zero-order valence-electron chi connectivity index (χ0n) is 18.1. The Bertz CT molecular complexity index is 944. The van der Waals surface area contributed by atoms with Gasteiger partial charge < -0.3 is 14.8 Å². The smallest absolute Gasteiger partial charge is 0.321 e. The minimum atomic E-state index is -0.0522. The molecule has 2 amide bonds. The van der Waals surface area contributed by atoms with E-state index in [1.54, 1.807) is 37.3 Å². The molecule has 2 saturated heterocycles. The molecule has 0 unspecified atom stereocenters. The lowest BCUT2D eigenvalue weighted by Crippen LogP contribution is -2.38. The standard InChI is InChI=1S/C24H29N3O4/c1-30-20-9-10-21(22(14-20)31-2)23(28)18-4-3-12-26(16-18)15-17-5-7-19(8-6-17)27-13-11-25-24(27)29/h5-10,14,18H,3-4,11-13,15-16H2,1-2H3,(H,25,29)/t18-/m0/s1. The lowest BCUT2D eigenvalue weighted by molar-refractivity contribution is 0.0808. The van der Waals surface area contributed by atoms with E-state index >= 15 is 0 Å². The molecule has 2 aliphatic rings. The van der Waals surface area contributed by atoms with Crippen LogP contribution in [-0.2, 0) is 6.54 Å². The molecule has 7 heteroatoms. The molecule has 0 saturated carbocycles. The van der Waals surface area contributed by atoms with Crippen LogP contribution in [0.15, 0.2) is 42.5 Å². The molecule has 31 heavy (non-hydrogen) atoms. The topological polar surface area (TPSA) is 71.1 Å². The highest BCUT2D eigenvalue weighted by Gasteiger charge is 2.28. The number of anilines is 1. The van der Waals surface area contributed by atoms with Gasteiger partial charge in [-0.25, -0.2) is 4.79 Å². The number of Topliss-reactive ketones (excluding diaryl/α,β-unsaturated/α-hetero) is 1. The number of rotatable bonds is 7.